The second-order valence-corrected chi connectivity index (χ2v) is 7.16. The summed E-state index contributed by atoms with van der Waals surface area (Å²) < 4.78 is 0. The number of para-hydroxylation sites is 1. The zero-order valence-electron chi connectivity index (χ0n) is 14.6. The highest BCUT2D eigenvalue weighted by molar-refractivity contribution is 7.09. The number of amides is 1. The summed E-state index contributed by atoms with van der Waals surface area (Å²) in [5.74, 6) is -1.16. The molecule has 0 saturated heterocycles. The molecule has 0 fully saturated rings. The Kier molecular flexibility index (Phi) is 5.27. The van der Waals surface area contributed by atoms with E-state index in [0.717, 1.165) is 12.8 Å². The minimum Gasteiger partial charge on any atom is -0.505 e. The van der Waals surface area contributed by atoms with Gasteiger partial charge in [0.25, 0.3) is 16.8 Å². The highest BCUT2D eigenvalue weighted by Gasteiger charge is 2.24. The van der Waals surface area contributed by atoms with Crippen molar-refractivity contribution < 1.29 is 9.90 Å². The predicted molar refractivity (Wildman–Crippen MR) is 107 cm³/mol. The summed E-state index contributed by atoms with van der Waals surface area (Å²) in [5.41, 5.74) is 4.26. The number of hydrogen-bond acceptors (Lipinski definition) is 7. The molecule has 0 radical (unpaired) electrons. The molecule has 0 unspecified atom stereocenters. The Balaban J connectivity index is 1.84. The van der Waals surface area contributed by atoms with Crippen LogP contribution in [0.4, 0.5) is 17.1 Å². The lowest BCUT2D eigenvalue weighted by Gasteiger charge is -2.21. The quantitative estimate of drug-likeness (QED) is 0.349. The molecular weight excluding hydrogens is 366 g/mol. The van der Waals surface area contributed by atoms with Gasteiger partial charge in [-0.3, -0.25) is 14.4 Å². The highest BCUT2D eigenvalue weighted by atomic mass is 32.1. The number of carbonyl (C=O) groups is 1. The van der Waals surface area contributed by atoms with E-state index >= 15 is 0 Å². The van der Waals surface area contributed by atoms with Crippen molar-refractivity contribution in [3.8, 4) is 5.75 Å². The van der Waals surface area contributed by atoms with Crippen molar-refractivity contribution in [2.24, 2.45) is 5.73 Å². The van der Waals surface area contributed by atoms with Crippen LogP contribution in [0.5, 0.6) is 5.75 Å². The number of rotatable bonds is 8. The third kappa shape index (κ3) is 3.70. The van der Waals surface area contributed by atoms with Gasteiger partial charge < -0.3 is 21.5 Å². The third-order valence-electron chi connectivity index (χ3n) is 4.34. The summed E-state index contributed by atoms with van der Waals surface area (Å²) in [6.45, 7) is 1.99. The molecule has 0 saturated carbocycles. The van der Waals surface area contributed by atoms with Crippen molar-refractivity contribution in [3.05, 3.63) is 66.6 Å². The molecule has 27 heavy (non-hydrogen) atoms. The average Bonchev–Trinajstić information content (AvgIpc) is 3.17. The van der Waals surface area contributed by atoms with Crippen LogP contribution in [0.25, 0.3) is 0 Å². The van der Waals surface area contributed by atoms with Gasteiger partial charge in [0, 0.05) is 17.3 Å². The number of benzene rings is 1. The van der Waals surface area contributed by atoms with Gasteiger partial charge in [0.15, 0.2) is 5.75 Å². The smallest absolute Gasteiger partial charge is 0.253 e. The lowest BCUT2D eigenvalue weighted by atomic mass is 10.1. The summed E-state index contributed by atoms with van der Waals surface area (Å²) in [7, 11) is 0. The van der Waals surface area contributed by atoms with Crippen LogP contribution in [-0.2, 0) is 6.42 Å². The van der Waals surface area contributed by atoms with Gasteiger partial charge in [-0.15, -0.1) is 11.3 Å². The maximum atomic E-state index is 12.0. The molecule has 140 valence electrons. The van der Waals surface area contributed by atoms with Crippen LogP contribution in [0, 0.1) is 0 Å². The summed E-state index contributed by atoms with van der Waals surface area (Å²) in [6.07, 6.45) is 1.49. The molecule has 1 atom stereocenters. The van der Waals surface area contributed by atoms with Crippen LogP contribution in [0.2, 0.25) is 0 Å². The second kappa shape index (κ2) is 7.63. The Hall–Kier alpha value is -3.13. The number of anilines is 3. The number of primary amides is 1. The number of aromatic hydroxyl groups is 1. The van der Waals surface area contributed by atoms with Crippen molar-refractivity contribution in [2.75, 3.05) is 10.6 Å². The molecule has 5 N–H and O–H groups in total. The van der Waals surface area contributed by atoms with Crippen LogP contribution in [-0.4, -0.2) is 17.1 Å². The number of hydrogen-bond donors (Lipinski definition) is 4. The topological polar surface area (TPSA) is 122 Å². The summed E-state index contributed by atoms with van der Waals surface area (Å²) >= 11 is 1.63. The molecule has 1 heterocycles. The summed E-state index contributed by atoms with van der Waals surface area (Å²) in [6, 6.07) is 8.35. The highest BCUT2D eigenvalue weighted by Crippen LogP contribution is 2.31. The first kappa shape index (κ1) is 18.7. The molecule has 8 heteroatoms. The number of nitrogens with one attached hydrogen (secondary N) is 2. The number of carbonyl (C=O) groups excluding carboxylic acids is 1. The molecule has 7 nitrogen and oxygen atoms in total. The molecule has 0 aliphatic rings. The van der Waals surface area contributed by atoms with E-state index in [0.29, 0.717) is 0 Å². The van der Waals surface area contributed by atoms with Gasteiger partial charge in [-0.05, 0) is 30.0 Å². The van der Waals surface area contributed by atoms with Crippen LogP contribution < -0.4 is 27.2 Å². The molecule has 0 aliphatic heterocycles. The molecule has 3 rings (SSSR count). The fourth-order valence-electron chi connectivity index (χ4n) is 2.80. The van der Waals surface area contributed by atoms with E-state index in [9.17, 15) is 19.5 Å². The predicted octanol–water partition coefficient (Wildman–Crippen LogP) is 2.33. The van der Waals surface area contributed by atoms with E-state index in [1.165, 1.54) is 23.1 Å². The maximum Gasteiger partial charge on any atom is 0.253 e. The van der Waals surface area contributed by atoms with Gasteiger partial charge >= 0.3 is 0 Å². The Bertz CT molecular complexity index is 1040. The van der Waals surface area contributed by atoms with Gasteiger partial charge in [0.2, 0.25) is 0 Å². The molecule has 2 aromatic carbocycles. The normalized spacial score (nSPS) is 12.0. The van der Waals surface area contributed by atoms with Crippen LogP contribution in [0.3, 0.4) is 0 Å². The first-order valence-corrected chi connectivity index (χ1v) is 9.31. The first-order chi connectivity index (χ1) is 12.9. The van der Waals surface area contributed by atoms with E-state index in [1.807, 2.05) is 24.4 Å². The van der Waals surface area contributed by atoms with Gasteiger partial charge in [-0.25, -0.2) is 0 Å². The van der Waals surface area contributed by atoms with Gasteiger partial charge in [-0.1, -0.05) is 19.1 Å². The van der Waals surface area contributed by atoms with Crippen molar-refractivity contribution in [1.82, 2.24) is 0 Å². The van der Waals surface area contributed by atoms with E-state index < -0.39 is 16.8 Å². The molecule has 0 aliphatic carbocycles. The van der Waals surface area contributed by atoms with Crippen molar-refractivity contribution in [1.29, 1.82) is 0 Å². The maximum absolute atomic E-state index is 12.0. The zero-order valence-corrected chi connectivity index (χ0v) is 15.4. The lowest BCUT2D eigenvalue weighted by molar-refractivity contribution is 0.0998. The fourth-order valence-corrected chi connectivity index (χ4v) is 3.59. The number of thiophene rings is 1. The fraction of sp³-hybridized carbons (Fsp3) is 0.211. The first-order valence-electron chi connectivity index (χ1n) is 8.43. The molecular formula is C19H19N3O4S. The van der Waals surface area contributed by atoms with Gasteiger partial charge in [-0.2, -0.15) is 0 Å². The SMILES string of the molecule is CC[C@@H](Cc1cccs1)Nc1c(Nc2cccc(C(N)=O)c2O)c(=O)c1=O. The number of nitrogens with two attached hydrogens (primary N) is 1. The largest absolute Gasteiger partial charge is 0.505 e. The molecule has 0 bridgehead atoms. The summed E-state index contributed by atoms with van der Waals surface area (Å²) in [4.78, 5) is 36.6. The molecule has 1 aromatic heterocycles. The minimum atomic E-state index is -0.790. The molecule has 3 aromatic rings. The zero-order chi connectivity index (χ0) is 19.6. The lowest BCUT2D eigenvalue weighted by Crippen LogP contribution is -2.39. The molecule has 0 spiro atoms. The van der Waals surface area contributed by atoms with E-state index in [1.54, 1.807) is 11.3 Å². The van der Waals surface area contributed by atoms with E-state index in [4.69, 9.17) is 5.73 Å². The van der Waals surface area contributed by atoms with Crippen LogP contribution in [0.1, 0.15) is 28.6 Å². The van der Waals surface area contributed by atoms with Crippen LogP contribution >= 0.6 is 11.3 Å². The standard InChI is InChI=1S/C19H19N3O4S/c1-2-10(9-11-5-4-8-27-11)21-14-15(18(25)17(14)24)22-13-7-3-6-12(16(13)23)19(20)26/h3-8,10,21-23H,2,9H2,1H3,(H2,20,26)/t10-/m0/s1. The van der Waals surface area contributed by atoms with Gasteiger partial charge in [0.05, 0.1) is 11.3 Å². The van der Waals surface area contributed by atoms with E-state index in [-0.39, 0.29) is 34.4 Å². The van der Waals surface area contributed by atoms with Gasteiger partial charge in [0.1, 0.15) is 11.4 Å². The summed E-state index contributed by atoms with van der Waals surface area (Å²) in [5, 5.41) is 18.0. The van der Waals surface area contributed by atoms with Crippen LogP contribution in [0.15, 0.2) is 45.3 Å². The Morgan fingerprint density at radius 1 is 1.19 bits per heavy atom. The van der Waals surface area contributed by atoms with E-state index in [2.05, 4.69) is 10.6 Å². The van der Waals surface area contributed by atoms with Crippen molar-refractivity contribution >= 4 is 34.3 Å². The Morgan fingerprint density at radius 3 is 2.56 bits per heavy atom. The van der Waals surface area contributed by atoms with Crippen molar-refractivity contribution in [3.63, 3.8) is 0 Å². The second-order valence-electron chi connectivity index (χ2n) is 6.13. The molecule has 1 amide bonds. The third-order valence-corrected chi connectivity index (χ3v) is 5.24. The van der Waals surface area contributed by atoms with Crippen molar-refractivity contribution in [2.45, 2.75) is 25.8 Å². The number of phenols is 1. The monoisotopic (exact) mass is 385 g/mol. The minimum absolute atomic E-state index is 0.0157. The Morgan fingerprint density at radius 2 is 1.93 bits per heavy atom. The Labute approximate surface area is 159 Å². The average molecular weight is 385 g/mol.